The lowest BCUT2D eigenvalue weighted by atomic mass is 10.1. The van der Waals surface area contributed by atoms with Crippen molar-refractivity contribution in [3.05, 3.63) is 23.9 Å². The number of rotatable bonds is 2. The molecule has 0 aromatic carbocycles. The number of carbonyl (C=O) groups is 1. The molecule has 0 spiro atoms. The molecule has 1 unspecified atom stereocenters. The van der Waals surface area contributed by atoms with E-state index in [0.29, 0.717) is 0 Å². The van der Waals surface area contributed by atoms with Crippen LogP contribution in [0.4, 0.5) is 0 Å². The van der Waals surface area contributed by atoms with Crippen molar-refractivity contribution in [3.63, 3.8) is 0 Å². The minimum Gasteiger partial charge on any atom is -0.444 e. The molecule has 1 aliphatic heterocycles. The van der Waals surface area contributed by atoms with Crippen molar-refractivity contribution in [2.75, 3.05) is 13.1 Å². The van der Waals surface area contributed by atoms with Crippen molar-refractivity contribution >= 4 is 23.0 Å². The number of nitrogens with one attached hydrogen (secondary N) is 1. The maximum atomic E-state index is 11.1. The quantitative estimate of drug-likeness (QED) is 0.850. The second kappa shape index (κ2) is 5.32. The van der Waals surface area contributed by atoms with Crippen LogP contribution < -0.4 is 5.32 Å². The Balaban J connectivity index is 2.12. The van der Waals surface area contributed by atoms with Crippen molar-refractivity contribution in [1.29, 1.82) is 0 Å². The van der Waals surface area contributed by atoms with Gasteiger partial charge in [0.25, 0.3) is 0 Å². The predicted molar refractivity (Wildman–Crippen MR) is 64.0 cm³/mol. The van der Waals surface area contributed by atoms with Gasteiger partial charge >= 0.3 is 0 Å². The average Bonchev–Trinajstić information content (AvgIpc) is 2.73. The molecule has 0 aliphatic carbocycles. The van der Waals surface area contributed by atoms with E-state index in [1.807, 2.05) is 6.08 Å². The third-order valence-corrected chi connectivity index (χ3v) is 3.57. The summed E-state index contributed by atoms with van der Waals surface area (Å²) in [4.78, 5) is 15.0. The van der Waals surface area contributed by atoms with E-state index in [1.54, 1.807) is 13.1 Å². The molecule has 4 nitrogen and oxygen atoms in total. The fourth-order valence-electron chi connectivity index (χ4n) is 1.72. The Morgan fingerprint density at radius 2 is 2.62 bits per heavy atom. The Labute approximate surface area is 98.5 Å². The van der Waals surface area contributed by atoms with Crippen molar-refractivity contribution in [2.45, 2.75) is 18.6 Å². The van der Waals surface area contributed by atoms with E-state index in [9.17, 15) is 4.79 Å². The zero-order valence-electron chi connectivity index (χ0n) is 9.10. The molecular formula is C11H14N2O2S. The van der Waals surface area contributed by atoms with E-state index in [1.165, 1.54) is 23.7 Å². The van der Waals surface area contributed by atoms with E-state index >= 15 is 0 Å². The summed E-state index contributed by atoms with van der Waals surface area (Å²) in [5, 5.41) is 3.73. The zero-order chi connectivity index (χ0) is 11.4. The number of piperidine rings is 1. The fourth-order valence-corrected chi connectivity index (χ4v) is 2.66. The van der Waals surface area contributed by atoms with E-state index < -0.39 is 0 Å². The van der Waals surface area contributed by atoms with Gasteiger partial charge in [0.05, 0.1) is 6.20 Å². The summed E-state index contributed by atoms with van der Waals surface area (Å²) in [6, 6.07) is 0. The molecule has 1 N–H and O–H groups in total. The first-order valence-electron chi connectivity index (χ1n) is 5.22. The van der Waals surface area contributed by atoms with Gasteiger partial charge in [0.2, 0.25) is 0 Å². The maximum absolute atomic E-state index is 11.1. The van der Waals surface area contributed by atoms with Gasteiger partial charge in [-0.15, -0.1) is 0 Å². The number of carbonyl (C=O) groups excluding carboxylic acids is 1. The summed E-state index contributed by atoms with van der Waals surface area (Å²) in [6.45, 7) is 3.38. The number of oxazole rings is 1. The number of hydrogen-bond donors (Lipinski definition) is 1. The van der Waals surface area contributed by atoms with Gasteiger partial charge in [0, 0.05) is 18.7 Å². The summed E-state index contributed by atoms with van der Waals surface area (Å²) in [5.41, 5.74) is 1.20. The molecule has 1 aliphatic rings. The van der Waals surface area contributed by atoms with Crippen LogP contribution in [0.3, 0.4) is 0 Å². The third-order valence-electron chi connectivity index (χ3n) is 2.41. The van der Waals surface area contributed by atoms with Gasteiger partial charge in [-0.1, -0.05) is 11.8 Å². The first-order valence-corrected chi connectivity index (χ1v) is 6.10. The Kier molecular flexibility index (Phi) is 3.79. The highest BCUT2D eigenvalue weighted by Gasteiger charge is 2.21. The minimum atomic E-state index is 0.162. The Bertz CT molecular complexity index is 387. The highest BCUT2D eigenvalue weighted by atomic mass is 32.2. The molecule has 1 aromatic rings. The van der Waals surface area contributed by atoms with Gasteiger partial charge in [-0.2, -0.15) is 0 Å². The summed E-state index contributed by atoms with van der Waals surface area (Å²) < 4.78 is 5.18. The Hall–Kier alpha value is -1.07. The lowest BCUT2D eigenvalue weighted by Crippen LogP contribution is -2.32. The van der Waals surface area contributed by atoms with E-state index in [2.05, 4.69) is 10.3 Å². The molecule has 0 radical (unpaired) electrons. The van der Waals surface area contributed by atoms with Crippen molar-refractivity contribution in [1.82, 2.24) is 10.3 Å². The smallest absolute Gasteiger partial charge is 0.186 e. The molecule has 1 aromatic heterocycles. The van der Waals surface area contributed by atoms with Crippen LogP contribution in [-0.2, 0) is 4.79 Å². The van der Waals surface area contributed by atoms with Crippen LogP contribution in [0.15, 0.2) is 22.6 Å². The largest absolute Gasteiger partial charge is 0.444 e. The molecule has 0 bridgehead atoms. The fraction of sp³-hybridized carbons (Fsp3) is 0.455. The minimum absolute atomic E-state index is 0.162. The monoisotopic (exact) mass is 238 g/mol. The molecule has 5 heteroatoms. The molecule has 16 heavy (non-hydrogen) atoms. The predicted octanol–water partition coefficient (Wildman–Crippen LogP) is 1.70. The molecule has 1 atom stereocenters. The summed E-state index contributed by atoms with van der Waals surface area (Å²) >= 11 is 1.40. The molecule has 0 amide bonds. The summed E-state index contributed by atoms with van der Waals surface area (Å²) in [5.74, 6) is 0.743. The van der Waals surface area contributed by atoms with Crippen LogP contribution in [0.5, 0.6) is 0 Å². The Morgan fingerprint density at radius 1 is 1.75 bits per heavy atom. The van der Waals surface area contributed by atoms with Crippen LogP contribution in [-0.4, -0.2) is 28.4 Å². The lowest BCUT2D eigenvalue weighted by Gasteiger charge is -2.24. The van der Waals surface area contributed by atoms with Crippen LogP contribution >= 0.6 is 11.8 Å². The second-order valence-corrected chi connectivity index (χ2v) is 5.07. The third kappa shape index (κ3) is 2.96. The SMILES string of the molecule is CC(=O)SC1CCNCC1=Cc1cnco1. The number of hydrogen-bond acceptors (Lipinski definition) is 5. The van der Waals surface area contributed by atoms with E-state index in [0.717, 1.165) is 25.3 Å². The zero-order valence-corrected chi connectivity index (χ0v) is 9.92. The molecule has 2 heterocycles. The first kappa shape index (κ1) is 11.4. The summed E-state index contributed by atoms with van der Waals surface area (Å²) in [6.07, 6.45) is 6.04. The van der Waals surface area contributed by atoms with Crippen LogP contribution in [0, 0.1) is 0 Å². The van der Waals surface area contributed by atoms with E-state index in [4.69, 9.17) is 4.42 Å². The van der Waals surface area contributed by atoms with Crippen LogP contribution in [0.25, 0.3) is 6.08 Å². The first-order chi connectivity index (χ1) is 7.75. The molecule has 1 fully saturated rings. The van der Waals surface area contributed by atoms with Crippen LogP contribution in [0.2, 0.25) is 0 Å². The van der Waals surface area contributed by atoms with E-state index in [-0.39, 0.29) is 10.4 Å². The summed E-state index contributed by atoms with van der Waals surface area (Å²) in [7, 11) is 0. The average molecular weight is 238 g/mol. The normalized spacial score (nSPS) is 23.6. The van der Waals surface area contributed by atoms with Crippen molar-refractivity contribution in [3.8, 4) is 0 Å². The molecular weight excluding hydrogens is 224 g/mol. The van der Waals surface area contributed by atoms with Gasteiger partial charge in [-0.3, -0.25) is 4.79 Å². The van der Waals surface area contributed by atoms with Gasteiger partial charge in [-0.05, 0) is 24.6 Å². The van der Waals surface area contributed by atoms with Crippen molar-refractivity contribution in [2.24, 2.45) is 0 Å². The highest BCUT2D eigenvalue weighted by Crippen LogP contribution is 2.26. The topological polar surface area (TPSA) is 55.1 Å². The Morgan fingerprint density at radius 3 is 3.31 bits per heavy atom. The highest BCUT2D eigenvalue weighted by molar-refractivity contribution is 8.14. The number of aromatic nitrogens is 1. The van der Waals surface area contributed by atoms with Gasteiger partial charge in [-0.25, -0.2) is 4.98 Å². The molecule has 0 saturated carbocycles. The second-order valence-electron chi connectivity index (χ2n) is 3.69. The standard InChI is InChI=1S/C11H14N2O2S/c1-8(14)16-11-2-3-12-5-9(11)4-10-6-13-7-15-10/h4,6-7,11-12H,2-3,5H2,1H3. The van der Waals surface area contributed by atoms with Gasteiger partial charge < -0.3 is 9.73 Å². The molecule has 86 valence electrons. The lowest BCUT2D eigenvalue weighted by molar-refractivity contribution is -0.109. The number of nitrogens with zero attached hydrogens (tertiary/aromatic N) is 1. The maximum Gasteiger partial charge on any atom is 0.186 e. The number of thioether (sulfide) groups is 1. The van der Waals surface area contributed by atoms with Crippen molar-refractivity contribution < 1.29 is 9.21 Å². The molecule has 1 saturated heterocycles. The van der Waals surface area contributed by atoms with Gasteiger partial charge in [0.15, 0.2) is 11.5 Å². The van der Waals surface area contributed by atoms with Crippen LogP contribution in [0.1, 0.15) is 19.1 Å². The van der Waals surface area contributed by atoms with Gasteiger partial charge in [0.1, 0.15) is 5.76 Å². The molecule has 2 rings (SSSR count).